The lowest BCUT2D eigenvalue weighted by Gasteiger charge is -2.25. The number of aromatic nitrogens is 2. The van der Waals surface area contributed by atoms with Crippen molar-refractivity contribution in [1.29, 1.82) is 0 Å². The van der Waals surface area contributed by atoms with Crippen molar-refractivity contribution in [3.05, 3.63) is 88.0 Å². The summed E-state index contributed by atoms with van der Waals surface area (Å²) >= 11 is 6.55. The van der Waals surface area contributed by atoms with Crippen molar-refractivity contribution >= 4 is 11.6 Å². The Morgan fingerprint density at radius 2 is 1.83 bits per heavy atom. The molecule has 0 bridgehead atoms. The second kappa shape index (κ2) is 6.45. The van der Waals surface area contributed by atoms with Crippen molar-refractivity contribution in [1.82, 2.24) is 9.55 Å². The van der Waals surface area contributed by atoms with Crippen LogP contribution in [0.4, 0.5) is 0 Å². The summed E-state index contributed by atoms with van der Waals surface area (Å²) in [7, 11) is 0. The highest BCUT2D eigenvalue weighted by atomic mass is 35.5. The van der Waals surface area contributed by atoms with Crippen molar-refractivity contribution in [2.75, 3.05) is 0 Å². The summed E-state index contributed by atoms with van der Waals surface area (Å²) in [5, 5.41) is 0.799. The van der Waals surface area contributed by atoms with E-state index in [4.69, 9.17) is 11.6 Å². The van der Waals surface area contributed by atoms with Crippen molar-refractivity contribution in [2.45, 2.75) is 38.6 Å². The number of hydrogen-bond donors (Lipinski definition) is 0. The van der Waals surface area contributed by atoms with Crippen LogP contribution in [0.25, 0.3) is 0 Å². The molecule has 0 spiro atoms. The number of nitrogens with zero attached hydrogens (tertiary/aromatic N) is 2. The summed E-state index contributed by atoms with van der Waals surface area (Å²) < 4.78 is 2.21. The Kier molecular flexibility index (Phi) is 4.15. The van der Waals surface area contributed by atoms with E-state index >= 15 is 0 Å². The van der Waals surface area contributed by atoms with Gasteiger partial charge in [-0.25, -0.2) is 4.98 Å². The SMILES string of the molecule is Cc1cncn1C(c1ccc2c(c1)CCCC2)c1ccccc1Cl. The minimum Gasteiger partial charge on any atom is -0.323 e. The fourth-order valence-electron chi connectivity index (χ4n) is 3.75. The third-order valence-electron chi connectivity index (χ3n) is 5.03. The lowest BCUT2D eigenvalue weighted by molar-refractivity contribution is 0.649. The molecule has 1 heterocycles. The first-order valence-electron chi connectivity index (χ1n) is 8.58. The van der Waals surface area contributed by atoms with E-state index in [1.165, 1.54) is 42.4 Å². The number of aryl methyl sites for hydroxylation is 3. The standard InChI is InChI=1S/C21H21ClN2/c1-15-13-23-14-24(15)21(19-8-4-5-9-20(19)22)18-11-10-16-6-2-3-7-17(16)12-18/h4-5,8-14,21H,2-3,6-7H2,1H3. The molecule has 0 saturated heterocycles. The Morgan fingerprint density at radius 3 is 2.58 bits per heavy atom. The van der Waals surface area contributed by atoms with Gasteiger partial charge in [-0.3, -0.25) is 0 Å². The van der Waals surface area contributed by atoms with Crippen LogP contribution in [0.5, 0.6) is 0 Å². The summed E-state index contributed by atoms with van der Waals surface area (Å²) in [6.45, 7) is 2.09. The Hall–Kier alpha value is -2.06. The minimum absolute atomic E-state index is 0.0634. The molecule has 122 valence electrons. The predicted molar refractivity (Wildman–Crippen MR) is 98.7 cm³/mol. The van der Waals surface area contributed by atoms with Crippen LogP contribution in [-0.2, 0) is 12.8 Å². The Labute approximate surface area is 148 Å². The number of rotatable bonds is 3. The van der Waals surface area contributed by atoms with E-state index in [0.717, 1.165) is 16.3 Å². The number of fused-ring (bicyclic) bond motifs is 1. The lowest BCUT2D eigenvalue weighted by atomic mass is 9.87. The monoisotopic (exact) mass is 336 g/mol. The molecule has 1 aliphatic rings. The molecule has 1 aromatic heterocycles. The van der Waals surface area contributed by atoms with Crippen LogP contribution in [0.15, 0.2) is 55.0 Å². The number of imidazole rings is 1. The van der Waals surface area contributed by atoms with Gasteiger partial charge >= 0.3 is 0 Å². The zero-order valence-electron chi connectivity index (χ0n) is 13.9. The second-order valence-electron chi connectivity index (χ2n) is 6.60. The molecule has 1 aliphatic carbocycles. The predicted octanol–water partition coefficient (Wildman–Crippen LogP) is 5.36. The summed E-state index contributed by atoms with van der Waals surface area (Å²) in [6, 6.07) is 15.1. The van der Waals surface area contributed by atoms with E-state index in [-0.39, 0.29) is 6.04 Å². The van der Waals surface area contributed by atoms with Crippen LogP contribution < -0.4 is 0 Å². The number of halogens is 1. The van der Waals surface area contributed by atoms with Crippen LogP contribution in [0.1, 0.15) is 46.8 Å². The molecule has 0 fully saturated rings. The van der Waals surface area contributed by atoms with Gasteiger partial charge < -0.3 is 4.57 Å². The molecule has 4 rings (SSSR count). The fourth-order valence-corrected chi connectivity index (χ4v) is 3.99. The summed E-state index contributed by atoms with van der Waals surface area (Å²) in [5.41, 5.74) is 6.54. The van der Waals surface area contributed by atoms with Crippen LogP contribution in [-0.4, -0.2) is 9.55 Å². The molecule has 0 amide bonds. The first kappa shape index (κ1) is 15.5. The summed E-state index contributed by atoms with van der Waals surface area (Å²) in [4.78, 5) is 4.33. The van der Waals surface area contributed by atoms with Crippen LogP contribution in [0.3, 0.4) is 0 Å². The van der Waals surface area contributed by atoms with Gasteiger partial charge in [0.2, 0.25) is 0 Å². The van der Waals surface area contributed by atoms with Gasteiger partial charge in [0.25, 0.3) is 0 Å². The van der Waals surface area contributed by atoms with Crippen molar-refractivity contribution in [3.63, 3.8) is 0 Å². The average molecular weight is 337 g/mol. The minimum atomic E-state index is 0.0634. The maximum absolute atomic E-state index is 6.55. The summed E-state index contributed by atoms with van der Waals surface area (Å²) in [6.07, 6.45) is 8.79. The maximum Gasteiger partial charge on any atom is 0.0956 e. The third kappa shape index (κ3) is 2.76. The van der Waals surface area contributed by atoms with Crippen molar-refractivity contribution in [2.24, 2.45) is 0 Å². The molecular formula is C21H21ClN2. The topological polar surface area (TPSA) is 17.8 Å². The van der Waals surface area contributed by atoms with Crippen molar-refractivity contribution in [3.8, 4) is 0 Å². The quantitative estimate of drug-likeness (QED) is 0.629. The Balaban J connectivity index is 1.88. The molecule has 1 atom stereocenters. The summed E-state index contributed by atoms with van der Waals surface area (Å²) in [5.74, 6) is 0. The van der Waals surface area contributed by atoms with Gasteiger partial charge in [0.1, 0.15) is 0 Å². The zero-order valence-corrected chi connectivity index (χ0v) is 14.6. The largest absolute Gasteiger partial charge is 0.323 e. The van der Waals surface area contributed by atoms with E-state index in [2.05, 4.69) is 46.8 Å². The normalized spacial score (nSPS) is 15.1. The molecule has 2 nitrogen and oxygen atoms in total. The van der Waals surface area contributed by atoms with E-state index in [1.807, 2.05) is 24.7 Å². The van der Waals surface area contributed by atoms with Crippen LogP contribution in [0, 0.1) is 6.92 Å². The molecule has 0 saturated carbocycles. The molecule has 3 heteroatoms. The van der Waals surface area contributed by atoms with Gasteiger partial charge in [-0.15, -0.1) is 0 Å². The van der Waals surface area contributed by atoms with E-state index in [9.17, 15) is 0 Å². The highest BCUT2D eigenvalue weighted by Gasteiger charge is 2.21. The first-order valence-corrected chi connectivity index (χ1v) is 8.96. The molecule has 0 N–H and O–H groups in total. The highest BCUT2D eigenvalue weighted by molar-refractivity contribution is 6.31. The van der Waals surface area contributed by atoms with Gasteiger partial charge in [0.15, 0.2) is 0 Å². The molecule has 0 radical (unpaired) electrons. The fraction of sp³-hybridized carbons (Fsp3) is 0.286. The molecule has 2 aromatic carbocycles. The first-order chi connectivity index (χ1) is 11.7. The average Bonchev–Trinajstić information content (AvgIpc) is 3.03. The highest BCUT2D eigenvalue weighted by Crippen LogP contribution is 2.34. The van der Waals surface area contributed by atoms with Gasteiger partial charge in [-0.05, 0) is 60.9 Å². The zero-order chi connectivity index (χ0) is 16.5. The Bertz CT molecular complexity index is 866. The molecule has 3 aromatic rings. The number of benzene rings is 2. The van der Waals surface area contributed by atoms with Crippen LogP contribution >= 0.6 is 11.6 Å². The third-order valence-corrected chi connectivity index (χ3v) is 5.37. The molecule has 1 unspecified atom stereocenters. The van der Waals surface area contributed by atoms with Crippen molar-refractivity contribution < 1.29 is 0 Å². The van der Waals surface area contributed by atoms with Gasteiger partial charge in [0.05, 0.1) is 12.4 Å². The van der Waals surface area contributed by atoms with Gasteiger partial charge in [-0.1, -0.05) is 48.0 Å². The maximum atomic E-state index is 6.55. The smallest absolute Gasteiger partial charge is 0.0956 e. The van der Waals surface area contributed by atoms with Crippen LogP contribution in [0.2, 0.25) is 5.02 Å². The molecule has 0 aliphatic heterocycles. The van der Waals surface area contributed by atoms with E-state index in [1.54, 1.807) is 0 Å². The van der Waals surface area contributed by atoms with E-state index in [0.29, 0.717) is 0 Å². The van der Waals surface area contributed by atoms with Gasteiger partial charge in [-0.2, -0.15) is 0 Å². The molecular weight excluding hydrogens is 316 g/mol. The number of hydrogen-bond acceptors (Lipinski definition) is 1. The molecule has 24 heavy (non-hydrogen) atoms. The second-order valence-corrected chi connectivity index (χ2v) is 7.01. The van der Waals surface area contributed by atoms with Gasteiger partial charge in [0, 0.05) is 16.9 Å². The van der Waals surface area contributed by atoms with E-state index < -0.39 is 0 Å². The Morgan fingerprint density at radius 1 is 1.04 bits per heavy atom. The lowest BCUT2D eigenvalue weighted by Crippen LogP contribution is -2.14.